The summed E-state index contributed by atoms with van der Waals surface area (Å²) in [5.74, 6) is 0.884. The van der Waals surface area contributed by atoms with Crippen molar-refractivity contribution in [2.24, 2.45) is 5.92 Å². The summed E-state index contributed by atoms with van der Waals surface area (Å²) in [7, 11) is -2.00. The Balaban J connectivity index is 2.88. The summed E-state index contributed by atoms with van der Waals surface area (Å²) in [5.41, 5.74) is 0.366. The van der Waals surface area contributed by atoms with E-state index in [0.29, 0.717) is 17.2 Å². The van der Waals surface area contributed by atoms with Gasteiger partial charge in [0, 0.05) is 11.9 Å². The van der Waals surface area contributed by atoms with Gasteiger partial charge >= 0.3 is 0 Å². The van der Waals surface area contributed by atoms with Crippen LogP contribution in [-0.2, 0) is 10.0 Å². The molecule has 6 nitrogen and oxygen atoms in total. The SMILES string of the molecule is COc1ccc(NS(=O)(=O)CC(C)CCl)cc1OCCO. The molecular formula is C13H20ClNO5S. The number of sulfonamides is 1. The number of aliphatic hydroxyl groups excluding tert-OH is 1. The second-order valence-electron chi connectivity index (χ2n) is 4.58. The average molecular weight is 338 g/mol. The topological polar surface area (TPSA) is 84.9 Å². The zero-order chi connectivity index (χ0) is 15.9. The third kappa shape index (κ3) is 5.99. The van der Waals surface area contributed by atoms with Gasteiger partial charge in [-0.3, -0.25) is 4.72 Å². The number of halogens is 1. The number of alkyl halides is 1. The van der Waals surface area contributed by atoms with Crippen LogP contribution in [0.1, 0.15) is 6.92 Å². The molecule has 0 radical (unpaired) electrons. The molecule has 21 heavy (non-hydrogen) atoms. The first-order valence-electron chi connectivity index (χ1n) is 6.40. The van der Waals surface area contributed by atoms with E-state index < -0.39 is 10.0 Å². The number of hydrogen-bond acceptors (Lipinski definition) is 5. The fourth-order valence-electron chi connectivity index (χ4n) is 1.65. The fourth-order valence-corrected chi connectivity index (χ4v) is 3.32. The van der Waals surface area contributed by atoms with Gasteiger partial charge in [0.25, 0.3) is 0 Å². The van der Waals surface area contributed by atoms with E-state index in [0.717, 1.165) is 0 Å². The number of aliphatic hydroxyl groups is 1. The minimum absolute atomic E-state index is 0.0602. The van der Waals surface area contributed by atoms with Crippen molar-refractivity contribution in [2.75, 3.05) is 36.7 Å². The van der Waals surface area contributed by atoms with Crippen molar-refractivity contribution in [1.82, 2.24) is 0 Å². The predicted molar refractivity (Wildman–Crippen MR) is 82.9 cm³/mol. The number of hydrogen-bond donors (Lipinski definition) is 2. The molecule has 0 aromatic heterocycles. The number of nitrogens with one attached hydrogen (secondary N) is 1. The van der Waals surface area contributed by atoms with Crippen molar-refractivity contribution in [2.45, 2.75) is 6.92 Å². The van der Waals surface area contributed by atoms with Crippen molar-refractivity contribution in [3.05, 3.63) is 18.2 Å². The lowest BCUT2D eigenvalue weighted by atomic mass is 10.3. The first-order chi connectivity index (χ1) is 9.91. The maximum Gasteiger partial charge on any atom is 0.233 e. The lowest BCUT2D eigenvalue weighted by Crippen LogP contribution is -2.22. The smallest absolute Gasteiger partial charge is 0.233 e. The van der Waals surface area contributed by atoms with Gasteiger partial charge in [0.05, 0.1) is 25.2 Å². The van der Waals surface area contributed by atoms with Gasteiger partial charge < -0.3 is 14.6 Å². The second-order valence-corrected chi connectivity index (χ2v) is 6.66. The Kier molecular flexibility index (Phi) is 7.07. The average Bonchev–Trinajstić information content (AvgIpc) is 2.44. The predicted octanol–water partition coefficient (Wildman–Crippen LogP) is 1.68. The van der Waals surface area contributed by atoms with Gasteiger partial charge in [-0.05, 0) is 18.1 Å². The second kappa shape index (κ2) is 8.31. The van der Waals surface area contributed by atoms with E-state index in [9.17, 15) is 8.42 Å². The summed E-state index contributed by atoms with van der Waals surface area (Å²) in [6, 6.07) is 4.68. The van der Waals surface area contributed by atoms with E-state index in [1.807, 2.05) is 0 Å². The molecule has 0 aliphatic carbocycles. The number of anilines is 1. The van der Waals surface area contributed by atoms with Crippen molar-refractivity contribution in [3.8, 4) is 11.5 Å². The van der Waals surface area contributed by atoms with Crippen LogP contribution < -0.4 is 14.2 Å². The third-order valence-electron chi connectivity index (χ3n) is 2.55. The van der Waals surface area contributed by atoms with E-state index in [1.54, 1.807) is 19.1 Å². The molecule has 0 bridgehead atoms. The van der Waals surface area contributed by atoms with Crippen LogP contribution in [0.3, 0.4) is 0 Å². The van der Waals surface area contributed by atoms with E-state index in [4.69, 9.17) is 26.2 Å². The van der Waals surface area contributed by atoms with Crippen LogP contribution in [0.15, 0.2) is 18.2 Å². The third-order valence-corrected chi connectivity index (χ3v) is 4.63. The number of ether oxygens (including phenoxy) is 2. The summed E-state index contributed by atoms with van der Waals surface area (Å²) < 4.78 is 36.8. The monoisotopic (exact) mass is 337 g/mol. The molecule has 1 atom stereocenters. The Hall–Kier alpha value is -1.18. The number of benzene rings is 1. The summed E-state index contributed by atoms with van der Waals surface area (Å²) in [6.45, 7) is 1.71. The molecule has 0 amide bonds. The highest BCUT2D eigenvalue weighted by atomic mass is 35.5. The van der Waals surface area contributed by atoms with Gasteiger partial charge in [-0.1, -0.05) is 6.92 Å². The van der Waals surface area contributed by atoms with Crippen molar-refractivity contribution in [1.29, 1.82) is 0 Å². The van der Waals surface area contributed by atoms with E-state index in [2.05, 4.69) is 4.72 Å². The molecule has 8 heteroatoms. The molecule has 1 aromatic rings. The molecule has 2 N–H and O–H groups in total. The lowest BCUT2D eigenvalue weighted by Gasteiger charge is -2.14. The zero-order valence-corrected chi connectivity index (χ0v) is 13.6. The fraction of sp³-hybridized carbons (Fsp3) is 0.538. The molecule has 0 saturated carbocycles. The van der Waals surface area contributed by atoms with Crippen molar-refractivity contribution >= 4 is 27.3 Å². The van der Waals surface area contributed by atoms with E-state index in [-0.39, 0.29) is 30.8 Å². The van der Waals surface area contributed by atoms with Gasteiger partial charge in [-0.15, -0.1) is 11.6 Å². The van der Waals surface area contributed by atoms with Crippen LogP contribution in [0.2, 0.25) is 0 Å². The van der Waals surface area contributed by atoms with Gasteiger partial charge in [-0.25, -0.2) is 8.42 Å². The van der Waals surface area contributed by atoms with Crippen molar-refractivity contribution in [3.63, 3.8) is 0 Å². The Morgan fingerprint density at radius 2 is 2.10 bits per heavy atom. The Morgan fingerprint density at radius 3 is 2.67 bits per heavy atom. The standard InChI is InChI=1S/C13H20ClNO5S/c1-10(8-14)9-21(17,18)15-11-3-4-12(19-2)13(7-11)20-6-5-16/h3-4,7,10,15-16H,5-6,8-9H2,1-2H3. The highest BCUT2D eigenvalue weighted by Gasteiger charge is 2.16. The normalized spacial score (nSPS) is 12.8. The summed E-state index contributed by atoms with van der Waals surface area (Å²) in [5, 5.41) is 8.78. The van der Waals surface area contributed by atoms with Crippen LogP contribution in [-0.4, -0.2) is 45.5 Å². The zero-order valence-electron chi connectivity index (χ0n) is 12.0. The molecule has 0 heterocycles. The van der Waals surface area contributed by atoms with Gasteiger partial charge in [-0.2, -0.15) is 0 Å². The van der Waals surface area contributed by atoms with E-state index in [1.165, 1.54) is 13.2 Å². The maximum atomic E-state index is 12.0. The summed E-state index contributed by atoms with van der Waals surface area (Å²) >= 11 is 5.63. The summed E-state index contributed by atoms with van der Waals surface area (Å²) in [6.07, 6.45) is 0. The van der Waals surface area contributed by atoms with Crippen LogP contribution >= 0.6 is 11.6 Å². The van der Waals surface area contributed by atoms with Crippen LogP contribution in [0.5, 0.6) is 11.5 Å². The summed E-state index contributed by atoms with van der Waals surface area (Å²) in [4.78, 5) is 0. The Bertz CT molecular complexity index is 549. The van der Waals surface area contributed by atoms with E-state index >= 15 is 0 Å². The molecule has 1 unspecified atom stereocenters. The Labute approximate surface area is 130 Å². The molecule has 0 aliphatic rings. The molecular weight excluding hydrogens is 318 g/mol. The number of methoxy groups -OCH3 is 1. The van der Waals surface area contributed by atoms with Crippen molar-refractivity contribution < 1.29 is 23.0 Å². The first-order valence-corrected chi connectivity index (χ1v) is 8.58. The number of rotatable bonds is 9. The highest BCUT2D eigenvalue weighted by molar-refractivity contribution is 7.92. The molecule has 0 fully saturated rings. The lowest BCUT2D eigenvalue weighted by molar-refractivity contribution is 0.196. The van der Waals surface area contributed by atoms with Gasteiger partial charge in [0.2, 0.25) is 10.0 Å². The van der Waals surface area contributed by atoms with Crippen LogP contribution in [0.25, 0.3) is 0 Å². The van der Waals surface area contributed by atoms with Crippen LogP contribution in [0.4, 0.5) is 5.69 Å². The molecule has 120 valence electrons. The maximum absolute atomic E-state index is 12.0. The van der Waals surface area contributed by atoms with Gasteiger partial charge in [0.15, 0.2) is 11.5 Å². The molecule has 1 rings (SSSR count). The quantitative estimate of drug-likeness (QED) is 0.670. The molecule has 0 spiro atoms. The molecule has 0 saturated heterocycles. The first kappa shape index (κ1) is 17.9. The van der Waals surface area contributed by atoms with Gasteiger partial charge in [0.1, 0.15) is 6.61 Å². The Morgan fingerprint density at radius 1 is 1.38 bits per heavy atom. The van der Waals surface area contributed by atoms with Crippen LogP contribution in [0, 0.1) is 5.92 Å². The highest BCUT2D eigenvalue weighted by Crippen LogP contribution is 2.30. The minimum Gasteiger partial charge on any atom is -0.493 e. The molecule has 0 aliphatic heterocycles. The largest absolute Gasteiger partial charge is 0.493 e. The molecule has 1 aromatic carbocycles. The minimum atomic E-state index is -3.48.